The zero-order valence-corrected chi connectivity index (χ0v) is 23.3. The number of aliphatic carboxylic acids is 1. The van der Waals surface area contributed by atoms with E-state index in [1.807, 2.05) is 24.3 Å². The highest BCUT2D eigenvalue weighted by atomic mass is 35.5. The second kappa shape index (κ2) is 10.1. The number of carboxylic acid groups (broad SMARTS) is 1. The van der Waals surface area contributed by atoms with Crippen LogP contribution in [-0.2, 0) is 16.0 Å². The minimum Gasteiger partial charge on any atom is -0.493 e. The minimum atomic E-state index is -0.822. The average molecular weight is 549 g/mol. The maximum atomic E-state index is 11.2. The lowest BCUT2D eigenvalue weighted by Crippen LogP contribution is -2.44. The number of aryl methyl sites for hydroxylation is 2. The van der Waals surface area contributed by atoms with E-state index in [1.165, 1.54) is 11.1 Å². The smallest absolute Gasteiger partial charge is 0.304 e. The van der Waals surface area contributed by atoms with Gasteiger partial charge in [0.25, 0.3) is 0 Å². The van der Waals surface area contributed by atoms with E-state index in [0.717, 1.165) is 59.6 Å². The summed E-state index contributed by atoms with van der Waals surface area (Å²) in [6, 6.07) is 14.0. The third-order valence-electron chi connectivity index (χ3n) is 8.08. The number of ether oxygens (including phenoxy) is 4. The van der Waals surface area contributed by atoms with Crippen LogP contribution < -0.4 is 14.2 Å². The van der Waals surface area contributed by atoms with Gasteiger partial charge in [0, 0.05) is 28.0 Å². The molecule has 6 rings (SSSR count). The lowest BCUT2D eigenvalue weighted by Gasteiger charge is -2.37. The molecule has 39 heavy (non-hydrogen) atoms. The van der Waals surface area contributed by atoms with Gasteiger partial charge in [0.1, 0.15) is 23.4 Å². The zero-order chi connectivity index (χ0) is 27.3. The Kier molecular flexibility index (Phi) is 6.72. The number of carbonyl (C=O) groups is 1. The summed E-state index contributed by atoms with van der Waals surface area (Å²) in [7, 11) is 0. The normalized spacial score (nSPS) is 20.5. The van der Waals surface area contributed by atoms with Crippen molar-refractivity contribution >= 4 is 17.6 Å². The van der Waals surface area contributed by atoms with Crippen LogP contribution in [0.1, 0.15) is 59.6 Å². The highest BCUT2D eigenvalue weighted by Gasteiger charge is 2.34. The van der Waals surface area contributed by atoms with Crippen molar-refractivity contribution in [3.8, 4) is 28.4 Å². The fourth-order valence-electron chi connectivity index (χ4n) is 6.10. The molecule has 0 amide bonds. The second-order valence-corrected chi connectivity index (χ2v) is 11.9. The number of hydrogen-bond donors (Lipinski definition) is 1. The minimum absolute atomic E-state index is 0.0603. The zero-order valence-electron chi connectivity index (χ0n) is 22.5. The predicted octanol–water partition coefficient (Wildman–Crippen LogP) is 7.06. The Morgan fingerprint density at radius 2 is 1.85 bits per heavy atom. The molecule has 7 heteroatoms. The summed E-state index contributed by atoms with van der Waals surface area (Å²) in [5, 5.41) is 9.86. The van der Waals surface area contributed by atoms with Crippen LogP contribution in [0.15, 0.2) is 42.5 Å². The van der Waals surface area contributed by atoms with Gasteiger partial charge in [0.2, 0.25) is 0 Å². The number of rotatable bonds is 8. The molecule has 3 aliphatic rings. The van der Waals surface area contributed by atoms with Crippen molar-refractivity contribution in [2.75, 3.05) is 26.4 Å². The molecular formula is C32H33ClO6. The van der Waals surface area contributed by atoms with Crippen molar-refractivity contribution < 1.29 is 28.8 Å². The quantitative estimate of drug-likeness (QED) is 0.325. The van der Waals surface area contributed by atoms with Crippen molar-refractivity contribution in [1.29, 1.82) is 0 Å². The third kappa shape index (κ3) is 5.08. The van der Waals surface area contributed by atoms with E-state index in [1.54, 1.807) is 0 Å². The van der Waals surface area contributed by atoms with Gasteiger partial charge in [-0.25, -0.2) is 0 Å². The van der Waals surface area contributed by atoms with Gasteiger partial charge in [-0.3, -0.25) is 4.79 Å². The SMILES string of the molecule is Cc1cc(OCC2(C)COC2)cc(C)c1-c1cc(Cl)cc2c1CCC2Oc1ccc2c(c1)OC[C@H]2CC(=O)O. The monoisotopic (exact) mass is 548 g/mol. The van der Waals surface area contributed by atoms with Gasteiger partial charge in [-0.1, -0.05) is 24.6 Å². The van der Waals surface area contributed by atoms with Crippen LogP contribution in [0.25, 0.3) is 11.1 Å². The van der Waals surface area contributed by atoms with E-state index in [-0.39, 0.29) is 23.9 Å². The Morgan fingerprint density at radius 1 is 1.08 bits per heavy atom. The van der Waals surface area contributed by atoms with Gasteiger partial charge in [-0.05, 0) is 90.4 Å². The number of carboxylic acids is 1. The van der Waals surface area contributed by atoms with Gasteiger partial charge in [-0.2, -0.15) is 0 Å². The molecule has 1 N–H and O–H groups in total. The standard InChI is InChI=1S/C32H33ClO6/c1-18-8-23(38-17-32(3)15-36-16-32)9-19(2)31(18)27-12-21(33)11-26-25(27)6-7-28(26)39-22-4-5-24-20(10-30(34)35)14-37-29(24)13-22/h4-5,8-9,11-13,20,28H,6-7,10,14-17H2,1-3H3,(H,34,35)/t20-,28?/m1/s1. The first-order chi connectivity index (χ1) is 18.7. The molecule has 0 radical (unpaired) electrons. The Labute approximate surface area is 233 Å². The number of fused-ring (bicyclic) bond motifs is 2. The van der Waals surface area contributed by atoms with Crippen molar-refractivity contribution in [2.45, 2.75) is 52.1 Å². The van der Waals surface area contributed by atoms with Crippen molar-refractivity contribution in [1.82, 2.24) is 0 Å². The van der Waals surface area contributed by atoms with Crippen LogP contribution in [-0.4, -0.2) is 37.5 Å². The fraction of sp³-hybridized carbons (Fsp3) is 0.406. The van der Waals surface area contributed by atoms with Crippen LogP contribution in [0, 0.1) is 19.3 Å². The van der Waals surface area contributed by atoms with Crippen LogP contribution in [0.4, 0.5) is 0 Å². The maximum Gasteiger partial charge on any atom is 0.304 e. The van der Waals surface area contributed by atoms with Crippen molar-refractivity contribution in [3.05, 3.63) is 75.3 Å². The third-order valence-corrected chi connectivity index (χ3v) is 8.30. The lowest BCUT2D eigenvalue weighted by molar-refractivity contribution is -0.137. The topological polar surface area (TPSA) is 74.2 Å². The van der Waals surface area contributed by atoms with E-state index in [2.05, 4.69) is 39.0 Å². The molecule has 0 aromatic heterocycles. The first kappa shape index (κ1) is 26.0. The summed E-state index contributed by atoms with van der Waals surface area (Å²) in [6.07, 6.45) is 1.68. The Hall–Kier alpha value is -3.22. The van der Waals surface area contributed by atoms with Gasteiger partial charge >= 0.3 is 5.97 Å². The van der Waals surface area contributed by atoms with E-state index in [4.69, 9.17) is 30.5 Å². The molecule has 1 aliphatic carbocycles. The molecule has 3 aromatic rings. The van der Waals surface area contributed by atoms with E-state index < -0.39 is 5.97 Å². The first-order valence-electron chi connectivity index (χ1n) is 13.5. The Balaban J connectivity index is 1.25. The van der Waals surface area contributed by atoms with Crippen molar-refractivity contribution in [2.24, 2.45) is 5.41 Å². The highest BCUT2D eigenvalue weighted by molar-refractivity contribution is 6.31. The van der Waals surface area contributed by atoms with E-state index in [0.29, 0.717) is 29.7 Å². The van der Waals surface area contributed by atoms with Crippen LogP contribution in [0.3, 0.4) is 0 Å². The molecule has 0 spiro atoms. The molecule has 1 unspecified atom stereocenters. The molecule has 6 nitrogen and oxygen atoms in total. The molecule has 1 fully saturated rings. The van der Waals surface area contributed by atoms with Crippen LogP contribution >= 0.6 is 11.6 Å². The molecule has 2 atom stereocenters. The maximum absolute atomic E-state index is 11.2. The summed E-state index contributed by atoms with van der Waals surface area (Å²) < 4.78 is 23.8. The lowest BCUT2D eigenvalue weighted by atomic mass is 9.89. The average Bonchev–Trinajstić information content (AvgIpc) is 3.44. The molecule has 204 valence electrons. The number of hydrogen-bond acceptors (Lipinski definition) is 5. The molecule has 2 heterocycles. The van der Waals surface area contributed by atoms with Crippen molar-refractivity contribution in [3.63, 3.8) is 0 Å². The summed E-state index contributed by atoms with van der Waals surface area (Å²) in [6.45, 7) is 8.94. The molecule has 2 aliphatic heterocycles. The summed E-state index contributed by atoms with van der Waals surface area (Å²) in [5.74, 6) is 1.35. The Morgan fingerprint density at radius 3 is 2.54 bits per heavy atom. The molecule has 0 bridgehead atoms. The Bertz CT molecular complexity index is 1420. The molecule has 3 aromatic carbocycles. The predicted molar refractivity (Wildman–Crippen MR) is 149 cm³/mol. The first-order valence-corrected chi connectivity index (χ1v) is 13.9. The molecule has 1 saturated heterocycles. The van der Waals surface area contributed by atoms with E-state index >= 15 is 0 Å². The van der Waals surface area contributed by atoms with Crippen LogP contribution in [0.2, 0.25) is 5.02 Å². The van der Waals surface area contributed by atoms with Gasteiger partial charge in [-0.15, -0.1) is 0 Å². The highest BCUT2D eigenvalue weighted by Crippen LogP contribution is 2.45. The summed E-state index contributed by atoms with van der Waals surface area (Å²) in [4.78, 5) is 11.2. The largest absolute Gasteiger partial charge is 0.493 e. The molecular weight excluding hydrogens is 516 g/mol. The number of halogens is 1. The number of benzene rings is 3. The van der Waals surface area contributed by atoms with Gasteiger partial charge < -0.3 is 24.1 Å². The van der Waals surface area contributed by atoms with E-state index in [9.17, 15) is 9.90 Å². The molecule has 0 saturated carbocycles. The summed E-state index contributed by atoms with van der Waals surface area (Å²) in [5.41, 5.74) is 8.04. The summed E-state index contributed by atoms with van der Waals surface area (Å²) >= 11 is 6.68. The van der Waals surface area contributed by atoms with Gasteiger partial charge in [0.15, 0.2) is 0 Å². The van der Waals surface area contributed by atoms with Gasteiger partial charge in [0.05, 0.1) is 32.8 Å². The van der Waals surface area contributed by atoms with Crippen LogP contribution in [0.5, 0.6) is 17.2 Å². The fourth-order valence-corrected chi connectivity index (χ4v) is 6.32. The second-order valence-electron chi connectivity index (χ2n) is 11.5.